The molecule has 0 radical (unpaired) electrons. The fourth-order valence-electron chi connectivity index (χ4n) is 2.19. The summed E-state index contributed by atoms with van der Waals surface area (Å²) in [5.41, 5.74) is 3.46. The molecule has 0 saturated carbocycles. The van der Waals surface area contributed by atoms with Crippen molar-refractivity contribution < 1.29 is 42.9 Å². The van der Waals surface area contributed by atoms with Crippen LogP contribution in [-0.4, -0.2) is 62.8 Å². The first-order chi connectivity index (χ1) is 14.2. The fourth-order valence-corrected chi connectivity index (χ4v) is 2.19. The highest BCUT2D eigenvalue weighted by Crippen LogP contribution is 2.27. The monoisotopic (exact) mass is 444 g/mol. The van der Waals surface area contributed by atoms with E-state index in [0.717, 1.165) is 24.4 Å². The molecular formula is C18H19F3N4O6. The van der Waals surface area contributed by atoms with Crippen molar-refractivity contribution in [1.29, 1.82) is 0 Å². The number of rotatable bonds is 6. The van der Waals surface area contributed by atoms with Gasteiger partial charge in [-0.25, -0.2) is 24.4 Å². The van der Waals surface area contributed by atoms with E-state index in [2.05, 4.69) is 9.97 Å². The van der Waals surface area contributed by atoms with Crippen LogP contribution in [0.2, 0.25) is 0 Å². The van der Waals surface area contributed by atoms with Gasteiger partial charge in [-0.3, -0.25) is 0 Å². The Hall–Kier alpha value is -3.74. The van der Waals surface area contributed by atoms with Gasteiger partial charge in [0.05, 0.1) is 29.1 Å². The average Bonchev–Trinajstić information content (AvgIpc) is 2.66. The molecule has 31 heavy (non-hydrogen) atoms. The molecule has 0 fully saturated rings. The number of alkyl halides is 3. The first-order valence-electron chi connectivity index (χ1n) is 8.43. The van der Waals surface area contributed by atoms with Crippen LogP contribution in [0.1, 0.15) is 43.7 Å². The van der Waals surface area contributed by atoms with Crippen molar-refractivity contribution in [3.05, 3.63) is 53.0 Å². The minimum absolute atomic E-state index is 0.0888. The average molecular weight is 444 g/mol. The van der Waals surface area contributed by atoms with Gasteiger partial charge in [0.2, 0.25) is 0 Å². The van der Waals surface area contributed by atoms with Gasteiger partial charge in [-0.2, -0.15) is 13.2 Å². The highest BCUT2D eigenvalue weighted by atomic mass is 19.4. The Balaban J connectivity index is 0.000000311. The molecule has 0 aliphatic heterocycles. The molecule has 0 saturated heterocycles. The van der Waals surface area contributed by atoms with Crippen molar-refractivity contribution in [3.63, 3.8) is 0 Å². The zero-order valence-electron chi connectivity index (χ0n) is 16.3. The molecule has 1 aromatic heterocycles. The topological polar surface area (TPSA) is 167 Å². The molecule has 168 valence electrons. The molecule has 13 heteroatoms. The second-order valence-electron chi connectivity index (χ2n) is 6.33. The maximum Gasteiger partial charge on any atom is 0.434 e. The quantitative estimate of drug-likeness (QED) is 0.518. The molecule has 0 aliphatic rings. The molecule has 1 unspecified atom stereocenters. The number of nitrogens with zero attached hydrogens (tertiary/aromatic N) is 3. The SMILES string of the molecule is CC(N)CN(C)c1cnc(C(F)(F)F)cn1.O=C(O)c1cc(C(=O)O)cc(C(=O)O)c1. The first-order valence-corrected chi connectivity index (χ1v) is 8.43. The lowest BCUT2D eigenvalue weighted by molar-refractivity contribution is -0.141. The van der Waals surface area contributed by atoms with Gasteiger partial charge in [0, 0.05) is 19.6 Å². The summed E-state index contributed by atoms with van der Waals surface area (Å²) in [5, 5.41) is 25.8. The van der Waals surface area contributed by atoms with Crippen molar-refractivity contribution in [3.8, 4) is 0 Å². The molecule has 5 N–H and O–H groups in total. The van der Waals surface area contributed by atoms with Gasteiger partial charge in [-0.15, -0.1) is 0 Å². The van der Waals surface area contributed by atoms with Gasteiger partial charge in [0.1, 0.15) is 5.82 Å². The summed E-state index contributed by atoms with van der Waals surface area (Å²) in [5.74, 6) is -3.76. The Kier molecular flexibility index (Phi) is 8.44. The molecule has 2 rings (SSSR count). The van der Waals surface area contributed by atoms with E-state index in [1.807, 2.05) is 0 Å². The van der Waals surface area contributed by atoms with Crippen LogP contribution in [0.3, 0.4) is 0 Å². The van der Waals surface area contributed by atoms with Crippen molar-refractivity contribution in [2.45, 2.75) is 19.1 Å². The summed E-state index contributed by atoms with van der Waals surface area (Å²) in [6.45, 7) is 2.30. The van der Waals surface area contributed by atoms with Gasteiger partial charge in [-0.1, -0.05) is 0 Å². The summed E-state index contributed by atoms with van der Waals surface area (Å²) in [6.07, 6.45) is -2.65. The minimum Gasteiger partial charge on any atom is -0.478 e. The van der Waals surface area contributed by atoms with E-state index < -0.39 is 29.8 Å². The van der Waals surface area contributed by atoms with E-state index >= 15 is 0 Å². The van der Waals surface area contributed by atoms with E-state index in [0.29, 0.717) is 18.6 Å². The normalized spacial score (nSPS) is 11.7. The maximum atomic E-state index is 12.2. The summed E-state index contributed by atoms with van der Waals surface area (Å²) >= 11 is 0. The number of carboxylic acids is 3. The molecule has 0 aliphatic carbocycles. The van der Waals surface area contributed by atoms with Crippen LogP contribution in [0, 0.1) is 0 Å². The van der Waals surface area contributed by atoms with Gasteiger partial charge in [0.25, 0.3) is 0 Å². The standard InChI is InChI=1S/C9H13F3N4.C9H6O6/c1-6(13)5-16(2)8-4-14-7(3-15-8)9(10,11)12;10-7(11)4-1-5(8(12)13)3-6(2-4)9(14)15/h3-4,6H,5,13H2,1-2H3;1-3H,(H,10,11)(H,12,13)(H,14,15). The number of carbonyl (C=O) groups is 3. The molecular weight excluding hydrogens is 425 g/mol. The van der Waals surface area contributed by atoms with Crippen LogP contribution in [-0.2, 0) is 6.18 Å². The van der Waals surface area contributed by atoms with Crippen molar-refractivity contribution in [2.24, 2.45) is 5.73 Å². The third kappa shape index (κ3) is 7.89. The smallest absolute Gasteiger partial charge is 0.434 e. The number of hydrogen-bond donors (Lipinski definition) is 4. The molecule has 0 amide bonds. The highest BCUT2D eigenvalue weighted by molar-refractivity contribution is 5.98. The Morgan fingerprint density at radius 1 is 0.968 bits per heavy atom. The first kappa shape index (κ1) is 25.3. The number of aromatic carboxylic acids is 3. The number of nitrogens with two attached hydrogens (primary N) is 1. The van der Waals surface area contributed by atoms with E-state index in [9.17, 15) is 27.6 Å². The number of carboxylic acid groups (broad SMARTS) is 3. The number of halogens is 3. The number of likely N-dealkylation sites (N-methyl/N-ethyl adjacent to an activating group) is 1. The zero-order valence-corrected chi connectivity index (χ0v) is 16.3. The molecule has 1 atom stereocenters. The lowest BCUT2D eigenvalue weighted by Gasteiger charge is -2.19. The van der Waals surface area contributed by atoms with E-state index in [1.54, 1.807) is 18.9 Å². The number of benzene rings is 1. The second-order valence-corrected chi connectivity index (χ2v) is 6.33. The largest absolute Gasteiger partial charge is 0.478 e. The second kappa shape index (κ2) is 10.3. The van der Waals surface area contributed by atoms with Crippen molar-refractivity contribution in [1.82, 2.24) is 9.97 Å². The Morgan fingerprint density at radius 2 is 1.39 bits per heavy atom. The van der Waals surface area contributed by atoms with Gasteiger partial charge < -0.3 is 26.0 Å². The van der Waals surface area contributed by atoms with E-state index in [4.69, 9.17) is 21.1 Å². The molecule has 0 spiro atoms. The predicted molar refractivity (Wildman–Crippen MR) is 101 cm³/mol. The Morgan fingerprint density at radius 3 is 1.65 bits per heavy atom. The summed E-state index contributed by atoms with van der Waals surface area (Å²) < 4.78 is 36.6. The molecule has 0 bridgehead atoms. The van der Waals surface area contributed by atoms with Gasteiger partial charge in [-0.05, 0) is 25.1 Å². The zero-order chi connectivity index (χ0) is 23.9. The molecule has 1 heterocycles. The van der Waals surface area contributed by atoms with Crippen molar-refractivity contribution >= 4 is 23.7 Å². The lowest BCUT2D eigenvalue weighted by Crippen LogP contribution is -2.33. The summed E-state index contributed by atoms with van der Waals surface area (Å²) in [4.78, 5) is 40.3. The van der Waals surface area contributed by atoms with Crippen LogP contribution in [0.4, 0.5) is 19.0 Å². The molecule has 1 aromatic carbocycles. The minimum atomic E-state index is -4.45. The van der Waals surface area contributed by atoms with Gasteiger partial charge in [0.15, 0.2) is 5.69 Å². The number of hydrogen-bond acceptors (Lipinski definition) is 7. The Bertz CT molecular complexity index is 869. The van der Waals surface area contributed by atoms with E-state index in [-0.39, 0.29) is 22.7 Å². The van der Waals surface area contributed by atoms with E-state index in [1.165, 1.54) is 0 Å². The highest BCUT2D eigenvalue weighted by Gasteiger charge is 2.32. The maximum absolute atomic E-state index is 12.2. The van der Waals surface area contributed by atoms with Gasteiger partial charge >= 0.3 is 24.1 Å². The molecule has 2 aromatic rings. The molecule has 10 nitrogen and oxygen atoms in total. The third-order valence-corrected chi connectivity index (χ3v) is 3.56. The summed E-state index contributed by atoms with van der Waals surface area (Å²) in [7, 11) is 1.70. The van der Waals surface area contributed by atoms with Crippen molar-refractivity contribution in [2.75, 3.05) is 18.5 Å². The Labute approximate surface area is 173 Å². The predicted octanol–water partition coefficient (Wildman–Crippen LogP) is 2.06. The van der Waals surface area contributed by atoms with Crippen LogP contribution < -0.4 is 10.6 Å². The van der Waals surface area contributed by atoms with Crippen LogP contribution in [0.5, 0.6) is 0 Å². The lowest BCUT2D eigenvalue weighted by atomic mass is 10.1. The third-order valence-electron chi connectivity index (χ3n) is 3.56. The number of aromatic nitrogens is 2. The fraction of sp³-hybridized carbons (Fsp3) is 0.278. The van der Waals surface area contributed by atoms with Crippen LogP contribution in [0.25, 0.3) is 0 Å². The van der Waals surface area contributed by atoms with Crippen LogP contribution in [0.15, 0.2) is 30.6 Å². The summed E-state index contributed by atoms with van der Waals surface area (Å²) in [6, 6.07) is 2.61. The van der Waals surface area contributed by atoms with Crippen LogP contribution >= 0.6 is 0 Å². The number of anilines is 1.